The van der Waals surface area contributed by atoms with E-state index in [-0.39, 0.29) is 19.7 Å². The number of benzene rings is 1. The van der Waals surface area contributed by atoms with E-state index in [1.54, 1.807) is 30.3 Å². The van der Waals surface area contributed by atoms with Crippen LogP contribution in [-0.2, 0) is 17.5 Å². The maximum atomic E-state index is 12.5. The molecule has 24 heavy (non-hydrogen) atoms. The normalized spacial score (nSPS) is 11.1. The first-order valence-electron chi connectivity index (χ1n) is 6.96. The molecule has 0 radical (unpaired) electrons. The molecule has 1 aromatic heterocycles. The molecule has 1 heterocycles. The summed E-state index contributed by atoms with van der Waals surface area (Å²) in [4.78, 5) is 23.1. The predicted octanol–water partition coefficient (Wildman–Crippen LogP) is 1.46. The van der Waals surface area contributed by atoms with Crippen LogP contribution < -0.4 is 15.6 Å². The number of hydrogen-bond donors (Lipinski definition) is 1. The van der Waals surface area contributed by atoms with Crippen LogP contribution in [-0.4, -0.2) is 28.8 Å². The van der Waals surface area contributed by atoms with Crippen molar-refractivity contribution in [3.63, 3.8) is 0 Å². The van der Waals surface area contributed by atoms with Crippen LogP contribution in [0, 0.1) is 0 Å². The number of nitrogens with one attached hydrogen (secondary N) is 1. The standard InChI is InChI=1S/C15H14F3N3O3/c16-15(17,18)12-6-7-14(23)21(20-12)9-8-19-13(22)10-24-11-4-2-1-3-5-11/h1-7H,8-10H2,(H,19,22). The Bertz CT molecular complexity index is 745. The highest BCUT2D eigenvalue weighted by atomic mass is 19.4. The van der Waals surface area contributed by atoms with Gasteiger partial charge in [0.25, 0.3) is 11.5 Å². The molecule has 0 aliphatic carbocycles. The van der Waals surface area contributed by atoms with E-state index in [2.05, 4.69) is 10.4 Å². The van der Waals surface area contributed by atoms with E-state index < -0.39 is 23.3 Å². The van der Waals surface area contributed by atoms with E-state index in [1.165, 1.54) is 0 Å². The molecule has 0 bridgehead atoms. The van der Waals surface area contributed by atoms with Gasteiger partial charge in [0, 0.05) is 12.6 Å². The molecule has 9 heteroatoms. The number of carbonyl (C=O) groups is 1. The molecule has 0 spiro atoms. The van der Waals surface area contributed by atoms with Crippen molar-refractivity contribution in [2.45, 2.75) is 12.7 Å². The molecule has 0 saturated carbocycles. The van der Waals surface area contributed by atoms with Crippen LogP contribution in [0.1, 0.15) is 5.69 Å². The lowest BCUT2D eigenvalue weighted by molar-refractivity contribution is -0.142. The molecule has 0 saturated heterocycles. The Hall–Kier alpha value is -2.84. The third kappa shape index (κ3) is 5.11. The van der Waals surface area contributed by atoms with Crippen molar-refractivity contribution in [2.75, 3.05) is 13.2 Å². The highest BCUT2D eigenvalue weighted by molar-refractivity contribution is 5.77. The minimum Gasteiger partial charge on any atom is -0.484 e. The van der Waals surface area contributed by atoms with Gasteiger partial charge in [0.15, 0.2) is 12.3 Å². The summed E-state index contributed by atoms with van der Waals surface area (Å²) in [5.74, 6) is 0.0577. The van der Waals surface area contributed by atoms with Crippen LogP contribution in [0.25, 0.3) is 0 Å². The van der Waals surface area contributed by atoms with Crippen LogP contribution in [0.15, 0.2) is 47.3 Å². The molecule has 0 aliphatic heterocycles. The van der Waals surface area contributed by atoms with Gasteiger partial charge >= 0.3 is 6.18 Å². The second-order valence-electron chi connectivity index (χ2n) is 4.73. The smallest absolute Gasteiger partial charge is 0.435 e. The summed E-state index contributed by atoms with van der Waals surface area (Å²) in [5, 5.41) is 5.67. The molecule has 0 atom stereocenters. The Balaban J connectivity index is 1.83. The number of para-hydroxylation sites is 1. The molecule has 1 aromatic carbocycles. The number of carbonyl (C=O) groups excluding carboxylic acids is 1. The lowest BCUT2D eigenvalue weighted by Crippen LogP contribution is -2.35. The number of rotatable bonds is 6. The zero-order valence-electron chi connectivity index (χ0n) is 12.4. The van der Waals surface area contributed by atoms with Gasteiger partial charge in [0.2, 0.25) is 0 Å². The van der Waals surface area contributed by atoms with Crippen molar-refractivity contribution in [3.05, 3.63) is 58.5 Å². The van der Waals surface area contributed by atoms with Gasteiger partial charge in [-0.1, -0.05) is 18.2 Å². The van der Waals surface area contributed by atoms with Gasteiger partial charge in [-0.25, -0.2) is 4.68 Å². The fraction of sp³-hybridized carbons (Fsp3) is 0.267. The van der Waals surface area contributed by atoms with E-state index in [1.807, 2.05) is 0 Å². The van der Waals surface area contributed by atoms with E-state index in [4.69, 9.17) is 4.74 Å². The molecule has 2 rings (SSSR count). The van der Waals surface area contributed by atoms with Crippen molar-refractivity contribution in [1.29, 1.82) is 0 Å². The van der Waals surface area contributed by atoms with Gasteiger partial charge < -0.3 is 10.1 Å². The summed E-state index contributed by atoms with van der Waals surface area (Å²) in [6.45, 7) is -0.472. The molecule has 1 N–H and O–H groups in total. The zero-order valence-corrected chi connectivity index (χ0v) is 12.4. The van der Waals surface area contributed by atoms with Gasteiger partial charge in [-0.15, -0.1) is 0 Å². The first-order valence-corrected chi connectivity index (χ1v) is 6.96. The van der Waals surface area contributed by atoms with Crippen LogP contribution in [0.2, 0.25) is 0 Å². The highest BCUT2D eigenvalue weighted by Crippen LogP contribution is 2.26. The number of amides is 1. The number of aromatic nitrogens is 2. The van der Waals surface area contributed by atoms with Crippen molar-refractivity contribution >= 4 is 5.91 Å². The topological polar surface area (TPSA) is 73.2 Å². The van der Waals surface area contributed by atoms with Gasteiger partial charge in [-0.05, 0) is 18.2 Å². The summed E-state index contributed by atoms with van der Waals surface area (Å²) >= 11 is 0. The van der Waals surface area contributed by atoms with E-state index in [0.717, 1.165) is 6.07 Å². The van der Waals surface area contributed by atoms with E-state index in [9.17, 15) is 22.8 Å². The molecular formula is C15H14F3N3O3. The summed E-state index contributed by atoms with van der Waals surface area (Å²) < 4.78 is 43.5. The predicted molar refractivity (Wildman–Crippen MR) is 78.4 cm³/mol. The first kappa shape index (κ1) is 17.5. The SMILES string of the molecule is O=C(COc1ccccc1)NCCn1nc(C(F)(F)F)ccc1=O. The molecule has 1 amide bonds. The number of hydrogen-bond acceptors (Lipinski definition) is 4. The highest BCUT2D eigenvalue weighted by Gasteiger charge is 2.33. The minimum absolute atomic E-state index is 0.0504. The Kier molecular flexibility index (Phi) is 5.56. The summed E-state index contributed by atoms with van der Waals surface area (Å²) in [5.41, 5.74) is -1.85. The molecular weight excluding hydrogens is 327 g/mol. The summed E-state index contributed by atoms with van der Waals surface area (Å²) in [7, 11) is 0. The van der Waals surface area contributed by atoms with Crippen LogP contribution in [0.3, 0.4) is 0 Å². The van der Waals surface area contributed by atoms with E-state index >= 15 is 0 Å². The average Bonchev–Trinajstić information content (AvgIpc) is 2.54. The Morgan fingerprint density at radius 1 is 1.17 bits per heavy atom. The molecule has 128 valence electrons. The zero-order chi connectivity index (χ0) is 17.6. The van der Waals surface area contributed by atoms with Crippen molar-refractivity contribution in [2.24, 2.45) is 0 Å². The molecule has 2 aromatic rings. The number of halogens is 3. The van der Waals surface area contributed by atoms with Gasteiger partial charge in [-0.2, -0.15) is 18.3 Å². The maximum absolute atomic E-state index is 12.5. The monoisotopic (exact) mass is 341 g/mol. The molecule has 0 unspecified atom stereocenters. The van der Waals surface area contributed by atoms with Crippen molar-refractivity contribution in [1.82, 2.24) is 15.1 Å². The van der Waals surface area contributed by atoms with Crippen LogP contribution >= 0.6 is 0 Å². The fourth-order valence-corrected chi connectivity index (χ4v) is 1.78. The van der Waals surface area contributed by atoms with Gasteiger partial charge in [0.05, 0.1) is 6.54 Å². The Morgan fingerprint density at radius 3 is 2.54 bits per heavy atom. The van der Waals surface area contributed by atoms with Crippen LogP contribution in [0.5, 0.6) is 5.75 Å². The molecule has 0 aliphatic rings. The third-order valence-corrected chi connectivity index (χ3v) is 2.92. The quantitative estimate of drug-likeness (QED) is 0.863. The van der Waals surface area contributed by atoms with Gasteiger partial charge in [-0.3, -0.25) is 9.59 Å². The summed E-state index contributed by atoms with van der Waals surface area (Å²) in [6, 6.07) is 10.1. The van der Waals surface area contributed by atoms with Gasteiger partial charge in [0.1, 0.15) is 5.75 Å². The largest absolute Gasteiger partial charge is 0.484 e. The number of nitrogens with zero attached hydrogens (tertiary/aromatic N) is 2. The second-order valence-corrected chi connectivity index (χ2v) is 4.73. The third-order valence-electron chi connectivity index (χ3n) is 2.92. The first-order chi connectivity index (χ1) is 11.4. The Morgan fingerprint density at radius 2 is 1.88 bits per heavy atom. The van der Waals surface area contributed by atoms with Crippen molar-refractivity contribution < 1.29 is 22.7 Å². The average molecular weight is 341 g/mol. The number of ether oxygens (including phenoxy) is 1. The van der Waals surface area contributed by atoms with E-state index in [0.29, 0.717) is 16.5 Å². The lowest BCUT2D eigenvalue weighted by atomic mass is 10.3. The number of alkyl halides is 3. The van der Waals surface area contributed by atoms with Crippen molar-refractivity contribution in [3.8, 4) is 5.75 Å². The molecule has 0 fully saturated rings. The maximum Gasteiger partial charge on any atom is 0.435 e. The second kappa shape index (κ2) is 7.62. The van der Waals surface area contributed by atoms with Crippen LogP contribution in [0.4, 0.5) is 13.2 Å². The minimum atomic E-state index is -4.64. The lowest BCUT2D eigenvalue weighted by Gasteiger charge is -2.10. The Labute approximate surface area is 134 Å². The fourth-order valence-electron chi connectivity index (χ4n) is 1.78. The summed E-state index contributed by atoms with van der Waals surface area (Å²) in [6.07, 6.45) is -4.64. The molecule has 6 nitrogen and oxygen atoms in total.